The molecule has 1 saturated heterocycles. The zero-order chi connectivity index (χ0) is 19.7. The summed E-state index contributed by atoms with van der Waals surface area (Å²) in [5.74, 6) is 1.49. The summed E-state index contributed by atoms with van der Waals surface area (Å²) in [6, 6.07) is 9.82. The summed E-state index contributed by atoms with van der Waals surface area (Å²) >= 11 is 0. The molecule has 0 saturated carbocycles. The van der Waals surface area contributed by atoms with E-state index >= 15 is 0 Å². The first-order chi connectivity index (χ1) is 13.4. The van der Waals surface area contributed by atoms with Gasteiger partial charge in [0.05, 0.1) is 17.5 Å². The Morgan fingerprint density at radius 3 is 2.54 bits per heavy atom. The van der Waals surface area contributed by atoms with Gasteiger partial charge >= 0.3 is 0 Å². The quantitative estimate of drug-likeness (QED) is 0.700. The molecule has 28 heavy (non-hydrogen) atoms. The monoisotopic (exact) mass is 377 g/mol. The van der Waals surface area contributed by atoms with E-state index < -0.39 is 0 Å². The second kappa shape index (κ2) is 7.34. The fourth-order valence-electron chi connectivity index (χ4n) is 3.82. The smallest absolute Gasteiger partial charge is 0.253 e. The van der Waals surface area contributed by atoms with Crippen molar-refractivity contribution in [3.63, 3.8) is 0 Å². The molecular weight excluding hydrogens is 350 g/mol. The Balaban J connectivity index is 1.44. The Labute approximate surface area is 165 Å². The van der Waals surface area contributed by atoms with Crippen LogP contribution in [0.25, 0.3) is 10.9 Å². The number of fused-ring (bicyclic) bond motifs is 1. The standard InChI is InChI=1S/C22H27N5O/c1-22(2,3)19-12-20(28)27(15-25-19)13-16-8-10-26(11-9-16)21-17-6-4-5-7-18(17)23-14-24-21/h4-7,12,14-16H,8-11,13H2,1-3H3. The van der Waals surface area contributed by atoms with E-state index in [-0.39, 0.29) is 11.0 Å². The summed E-state index contributed by atoms with van der Waals surface area (Å²) in [4.78, 5) is 28.2. The van der Waals surface area contributed by atoms with E-state index in [0.29, 0.717) is 5.92 Å². The summed E-state index contributed by atoms with van der Waals surface area (Å²) < 4.78 is 1.76. The first kappa shape index (κ1) is 18.6. The van der Waals surface area contributed by atoms with Gasteiger partial charge in [0.15, 0.2) is 0 Å². The van der Waals surface area contributed by atoms with Crippen LogP contribution in [0.1, 0.15) is 39.3 Å². The number of benzene rings is 1. The van der Waals surface area contributed by atoms with E-state index in [4.69, 9.17) is 0 Å². The topological polar surface area (TPSA) is 63.9 Å². The molecule has 0 amide bonds. The van der Waals surface area contributed by atoms with Gasteiger partial charge in [-0.15, -0.1) is 0 Å². The van der Waals surface area contributed by atoms with Crippen LogP contribution in [0.15, 0.2) is 47.8 Å². The summed E-state index contributed by atoms with van der Waals surface area (Å²) in [5.41, 5.74) is 1.76. The number of nitrogens with zero attached hydrogens (tertiary/aromatic N) is 5. The molecule has 3 aromatic rings. The molecule has 0 spiro atoms. The molecule has 1 aliphatic rings. The normalized spacial score (nSPS) is 15.9. The van der Waals surface area contributed by atoms with Crippen molar-refractivity contribution in [1.82, 2.24) is 19.5 Å². The lowest BCUT2D eigenvalue weighted by Gasteiger charge is -2.33. The predicted molar refractivity (Wildman–Crippen MR) is 112 cm³/mol. The molecule has 0 atom stereocenters. The lowest BCUT2D eigenvalue weighted by molar-refractivity contribution is 0.349. The molecule has 1 fully saturated rings. The van der Waals surface area contributed by atoms with Gasteiger partial charge in [0.1, 0.15) is 12.1 Å². The predicted octanol–water partition coefficient (Wildman–Crippen LogP) is 3.40. The maximum Gasteiger partial charge on any atom is 0.253 e. The first-order valence-electron chi connectivity index (χ1n) is 9.93. The molecule has 1 aliphatic heterocycles. The molecule has 4 rings (SSSR count). The van der Waals surface area contributed by atoms with Gasteiger partial charge in [0.2, 0.25) is 0 Å². The highest BCUT2D eigenvalue weighted by Crippen LogP contribution is 2.27. The highest BCUT2D eigenvalue weighted by Gasteiger charge is 2.23. The van der Waals surface area contributed by atoms with Crippen molar-refractivity contribution in [2.75, 3.05) is 18.0 Å². The molecule has 0 bridgehead atoms. The fourth-order valence-corrected chi connectivity index (χ4v) is 3.82. The molecule has 1 aromatic carbocycles. The van der Waals surface area contributed by atoms with Crippen LogP contribution in [-0.4, -0.2) is 32.6 Å². The number of rotatable bonds is 3. The van der Waals surface area contributed by atoms with Crippen molar-refractivity contribution >= 4 is 16.7 Å². The molecule has 6 heteroatoms. The SMILES string of the molecule is CC(C)(C)c1cc(=O)n(CC2CCN(c3ncnc4ccccc34)CC2)cn1. The average molecular weight is 377 g/mol. The maximum absolute atomic E-state index is 12.5. The number of para-hydroxylation sites is 1. The van der Waals surface area contributed by atoms with Crippen LogP contribution in [0.5, 0.6) is 0 Å². The molecule has 0 aliphatic carbocycles. The lowest BCUT2D eigenvalue weighted by atomic mass is 9.92. The average Bonchev–Trinajstić information content (AvgIpc) is 2.69. The Kier molecular flexibility index (Phi) is 4.87. The first-order valence-corrected chi connectivity index (χ1v) is 9.93. The van der Waals surface area contributed by atoms with Crippen molar-refractivity contribution < 1.29 is 0 Å². The van der Waals surface area contributed by atoms with E-state index in [1.54, 1.807) is 23.3 Å². The minimum Gasteiger partial charge on any atom is -0.356 e. The van der Waals surface area contributed by atoms with Crippen molar-refractivity contribution in [3.05, 3.63) is 59.0 Å². The number of aromatic nitrogens is 4. The van der Waals surface area contributed by atoms with Crippen LogP contribution in [0.3, 0.4) is 0 Å². The third-order valence-corrected chi connectivity index (χ3v) is 5.54. The van der Waals surface area contributed by atoms with Crippen molar-refractivity contribution in [2.45, 2.75) is 45.6 Å². The number of hydrogen-bond acceptors (Lipinski definition) is 5. The lowest BCUT2D eigenvalue weighted by Crippen LogP contribution is -2.37. The minimum atomic E-state index is -0.107. The summed E-state index contributed by atoms with van der Waals surface area (Å²) in [6.45, 7) is 8.83. The highest BCUT2D eigenvalue weighted by atomic mass is 16.1. The zero-order valence-corrected chi connectivity index (χ0v) is 16.8. The molecule has 146 valence electrons. The summed E-state index contributed by atoms with van der Waals surface area (Å²) in [5, 5.41) is 1.10. The van der Waals surface area contributed by atoms with E-state index in [9.17, 15) is 4.79 Å². The van der Waals surface area contributed by atoms with Gasteiger partial charge in [-0.1, -0.05) is 32.9 Å². The van der Waals surface area contributed by atoms with Gasteiger partial charge in [0, 0.05) is 36.5 Å². The largest absolute Gasteiger partial charge is 0.356 e. The third-order valence-electron chi connectivity index (χ3n) is 5.54. The highest BCUT2D eigenvalue weighted by molar-refractivity contribution is 5.89. The molecular formula is C22H27N5O. The zero-order valence-electron chi connectivity index (χ0n) is 16.8. The Morgan fingerprint density at radius 1 is 1.07 bits per heavy atom. The van der Waals surface area contributed by atoms with Crippen LogP contribution in [0, 0.1) is 5.92 Å². The van der Waals surface area contributed by atoms with E-state index in [0.717, 1.165) is 54.9 Å². The van der Waals surface area contributed by atoms with Gasteiger partial charge in [0.25, 0.3) is 5.56 Å². The van der Waals surface area contributed by atoms with E-state index in [1.165, 1.54) is 0 Å². The molecule has 6 nitrogen and oxygen atoms in total. The summed E-state index contributed by atoms with van der Waals surface area (Å²) in [7, 11) is 0. The van der Waals surface area contributed by atoms with Gasteiger partial charge < -0.3 is 4.90 Å². The molecule has 3 heterocycles. The van der Waals surface area contributed by atoms with Gasteiger partial charge in [-0.25, -0.2) is 15.0 Å². The van der Waals surface area contributed by atoms with E-state index in [2.05, 4.69) is 46.7 Å². The Morgan fingerprint density at radius 2 is 1.82 bits per heavy atom. The minimum absolute atomic E-state index is 0.0455. The number of hydrogen-bond donors (Lipinski definition) is 0. The van der Waals surface area contributed by atoms with Crippen molar-refractivity contribution in [2.24, 2.45) is 5.92 Å². The van der Waals surface area contributed by atoms with Crippen LogP contribution in [0.2, 0.25) is 0 Å². The molecule has 0 unspecified atom stereocenters. The maximum atomic E-state index is 12.5. The second-order valence-electron chi connectivity index (χ2n) is 8.66. The Hall–Kier alpha value is -2.76. The van der Waals surface area contributed by atoms with Crippen molar-refractivity contribution in [3.8, 4) is 0 Å². The fraction of sp³-hybridized carbons (Fsp3) is 0.455. The van der Waals surface area contributed by atoms with Crippen LogP contribution in [0.4, 0.5) is 5.82 Å². The summed E-state index contributed by atoms with van der Waals surface area (Å²) in [6.07, 6.45) is 5.43. The third kappa shape index (κ3) is 3.77. The Bertz CT molecular complexity index is 1020. The van der Waals surface area contributed by atoms with Crippen LogP contribution in [-0.2, 0) is 12.0 Å². The second-order valence-corrected chi connectivity index (χ2v) is 8.66. The van der Waals surface area contributed by atoms with Gasteiger partial charge in [-0.2, -0.15) is 0 Å². The van der Waals surface area contributed by atoms with Gasteiger partial charge in [-0.05, 0) is 30.9 Å². The van der Waals surface area contributed by atoms with E-state index in [1.807, 2.05) is 18.2 Å². The number of piperidine rings is 1. The molecule has 0 radical (unpaired) electrons. The molecule has 0 N–H and O–H groups in total. The van der Waals surface area contributed by atoms with Crippen LogP contribution < -0.4 is 10.5 Å². The molecule has 2 aromatic heterocycles. The van der Waals surface area contributed by atoms with Crippen LogP contribution >= 0.6 is 0 Å². The van der Waals surface area contributed by atoms with Crippen molar-refractivity contribution in [1.29, 1.82) is 0 Å². The number of anilines is 1. The van der Waals surface area contributed by atoms with Gasteiger partial charge in [-0.3, -0.25) is 9.36 Å².